The number of methoxy groups -OCH3 is 3. The summed E-state index contributed by atoms with van der Waals surface area (Å²) < 4.78 is 18.6. The molecular formula is C38H73N3O4S. The Labute approximate surface area is 290 Å². The highest BCUT2D eigenvalue weighted by Gasteiger charge is 2.02. The van der Waals surface area contributed by atoms with Gasteiger partial charge in [-0.3, -0.25) is 4.98 Å². The molecule has 3 aromatic rings. The number of thiophene rings is 1. The summed E-state index contributed by atoms with van der Waals surface area (Å²) in [7, 11) is 12.5. The molecule has 1 saturated heterocycles. The van der Waals surface area contributed by atoms with Crippen molar-refractivity contribution in [1.82, 2.24) is 15.2 Å². The summed E-state index contributed by atoms with van der Waals surface area (Å²) in [5.74, 6) is 0.833. The first-order chi connectivity index (χ1) is 22.0. The second-order valence-electron chi connectivity index (χ2n) is 10.6. The fourth-order valence-electron chi connectivity index (χ4n) is 2.17. The van der Waals surface area contributed by atoms with Crippen molar-refractivity contribution in [1.29, 1.82) is 0 Å². The maximum absolute atomic E-state index is 5.10. The third-order valence-corrected chi connectivity index (χ3v) is 5.15. The van der Waals surface area contributed by atoms with Crippen LogP contribution in [-0.2, 0) is 18.9 Å². The molecule has 0 aliphatic carbocycles. The van der Waals surface area contributed by atoms with Crippen LogP contribution in [0, 0.1) is 26.7 Å². The van der Waals surface area contributed by atoms with Gasteiger partial charge in [-0.15, -0.1) is 0 Å². The van der Waals surface area contributed by atoms with Gasteiger partial charge < -0.3 is 29.2 Å². The van der Waals surface area contributed by atoms with Gasteiger partial charge in [0.25, 0.3) is 0 Å². The van der Waals surface area contributed by atoms with E-state index in [1.165, 1.54) is 16.7 Å². The second-order valence-corrected chi connectivity index (χ2v) is 11.4. The first-order valence-electron chi connectivity index (χ1n) is 16.1. The van der Waals surface area contributed by atoms with E-state index in [9.17, 15) is 0 Å². The molecule has 2 aromatic heterocycles. The Balaban J connectivity index is -0.000000140. The van der Waals surface area contributed by atoms with Crippen molar-refractivity contribution < 1.29 is 18.9 Å². The van der Waals surface area contributed by atoms with Crippen LogP contribution in [0.4, 0.5) is 0 Å². The number of pyridine rings is 1. The van der Waals surface area contributed by atoms with Gasteiger partial charge in [0.05, 0.1) is 13.2 Å². The lowest BCUT2D eigenvalue weighted by Gasteiger charge is -2.21. The minimum Gasteiger partial charge on any atom is -0.388 e. The summed E-state index contributed by atoms with van der Waals surface area (Å²) in [5.41, 5.74) is 3.89. The monoisotopic (exact) mass is 668 g/mol. The Morgan fingerprint density at radius 2 is 1.30 bits per heavy atom. The number of hydrogen-bond donors (Lipinski definition) is 1. The largest absolute Gasteiger partial charge is 0.388 e. The summed E-state index contributed by atoms with van der Waals surface area (Å²) in [6, 6.07) is 16.3. The van der Waals surface area contributed by atoms with Crippen molar-refractivity contribution in [3.05, 3.63) is 88.4 Å². The lowest BCUT2D eigenvalue weighted by atomic mass is 10.2. The van der Waals surface area contributed by atoms with Crippen LogP contribution in [-0.4, -0.2) is 99.0 Å². The molecule has 4 rings (SSSR count). The Morgan fingerprint density at radius 1 is 0.826 bits per heavy atom. The zero-order valence-corrected chi connectivity index (χ0v) is 33.2. The van der Waals surface area contributed by atoms with Crippen LogP contribution in [0.5, 0.6) is 0 Å². The molecule has 1 aliphatic rings. The average molecular weight is 668 g/mol. The molecule has 0 amide bonds. The van der Waals surface area contributed by atoms with Crippen molar-refractivity contribution in [3.8, 4) is 0 Å². The van der Waals surface area contributed by atoms with Gasteiger partial charge in [-0.2, -0.15) is 11.3 Å². The van der Waals surface area contributed by atoms with Crippen LogP contribution < -0.4 is 5.32 Å². The third-order valence-electron chi connectivity index (χ3n) is 4.34. The first kappa shape index (κ1) is 53.3. The van der Waals surface area contributed by atoms with E-state index >= 15 is 0 Å². The van der Waals surface area contributed by atoms with E-state index in [2.05, 4.69) is 102 Å². The quantitative estimate of drug-likeness (QED) is 0.299. The molecule has 1 aromatic carbocycles. The maximum Gasteiger partial charge on any atom is 0.0594 e. The molecule has 0 saturated carbocycles. The van der Waals surface area contributed by atoms with Crippen LogP contribution in [0.1, 0.15) is 57.7 Å². The van der Waals surface area contributed by atoms with E-state index < -0.39 is 0 Å². The van der Waals surface area contributed by atoms with E-state index in [0.29, 0.717) is 0 Å². The van der Waals surface area contributed by atoms with E-state index in [4.69, 9.17) is 9.47 Å². The highest BCUT2D eigenvalue weighted by atomic mass is 32.1. The van der Waals surface area contributed by atoms with Gasteiger partial charge in [0.15, 0.2) is 0 Å². The zero-order valence-electron chi connectivity index (χ0n) is 32.4. The molecule has 1 aliphatic heterocycles. The summed E-state index contributed by atoms with van der Waals surface area (Å²) in [5, 5.41) is 6.95. The molecule has 0 unspecified atom stereocenters. The van der Waals surface area contributed by atoms with Crippen LogP contribution in [0.25, 0.3) is 0 Å². The number of aromatic nitrogens is 1. The van der Waals surface area contributed by atoms with Gasteiger partial charge >= 0.3 is 0 Å². The van der Waals surface area contributed by atoms with Crippen molar-refractivity contribution >= 4 is 11.3 Å². The number of morpholine rings is 1. The molecule has 270 valence electrons. The number of nitrogens with one attached hydrogen (secondary N) is 1. The smallest absolute Gasteiger partial charge is 0.0594 e. The van der Waals surface area contributed by atoms with Crippen LogP contribution >= 0.6 is 11.3 Å². The molecule has 1 N–H and O–H groups in total. The highest BCUT2D eigenvalue weighted by Crippen LogP contribution is 2.01. The van der Waals surface area contributed by atoms with Crippen LogP contribution in [0.2, 0.25) is 0 Å². The van der Waals surface area contributed by atoms with Crippen molar-refractivity contribution in [2.75, 3.05) is 89.1 Å². The molecular weight excluding hydrogens is 595 g/mol. The Hall–Kier alpha value is -2.17. The molecule has 0 radical (unpaired) electrons. The normalized spacial score (nSPS) is 10.8. The number of benzene rings is 1. The highest BCUT2D eigenvalue weighted by molar-refractivity contribution is 7.07. The second kappa shape index (κ2) is 49.7. The Morgan fingerprint density at radius 3 is 1.46 bits per heavy atom. The van der Waals surface area contributed by atoms with Crippen LogP contribution in [0.3, 0.4) is 0 Å². The average Bonchev–Trinajstić information content (AvgIpc) is 3.52. The van der Waals surface area contributed by atoms with Gasteiger partial charge in [0.1, 0.15) is 0 Å². The lowest BCUT2D eigenvalue weighted by Crippen LogP contribution is -2.32. The Bertz CT molecular complexity index is 787. The first-order valence-corrected chi connectivity index (χ1v) is 17.0. The van der Waals surface area contributed by atoms with Crippen LogP contribution in [0.15, 0.2) is 71.7 Å². The number of aryl methyl sites for hydroxylation is 3. The minimum absolute atomic E-state index is 0.819. The lowest BCUT2D eigenvalue weighted by molar-refractivity contribution is 0.0503. The predicted molar refractivity (Wildman–Crippen MR) is 206 cm³/mol. The maximum atomic E-state index is 5.10. The number of nitrogens with zero attached hydrogens (tertiary/aromatic N) is 2. The number of likely N-dealkylation sites (N-methyl/N-ethyl adjacent to an activating group) is 1. The molecule has 0 atom stereocenters. The van der Waals surface area contributed by atoms with E-state index in [-0.39, 0.29) is 0 Å². The molecule has 7 nitrogen and oxygen atoms in total. The molecule has 8 heteroatoms. The van der Waals surface area contributed by atoms with E-state index in [1.807, 2.05) is 64.5 Å². The van der Waals surface area contributed by atoms with Gasteiger partial charge in [-0.1, -0.05) is 69.7 Å². The summed E-state index contributed by atoms with van der Waals surface area (Å²) in [6.45, 7) is 22.5. The SMILES string of the molecule is CC(C)C.CCCOC.CCOC.CN1CCOCC1.CNC.COC.Cc1ccccc1.Cc1cccnc1.Cc1ccsc1. The fourth-order valence-corrected chi connectivity index (χ4v) is 2.84. The molecule has 3 heterocycles. The summed E-state index contributed by atoms with van der Waals surface area (Å²) in [6.07, 6.45) is 4.73. The fraction of sp³-hybridized carbons (Fsp3) is 0.605. The van der Waals surface area contributed by atoms with Crippen molar-refractivity contribution in [2.24, 2.45) is 5.92 Å². The van der Waals surface area contributed by atoms with E-state index in [0.717, 1.165) is 51.9 Å². The topological polar surface area (TPSA) is 65.1 Å². The third kappa shape index (κ3) is 68.8. The predicted octanol–water partition coefficient (Wildman–Crippen LogP) is 8.85. The Kier molecular flexibility index (Phi) is 57.6. The number of rotatable bonds is 3. The summed E-state index contributed by atoms with van der Waals surface area (Å²) >= 11 is 1.74. The standard InChI is InChI=1S/C7H8.C6H7N.C5H11NO.C5H6S.C4H10O.C4H10.C3H8O.C2H7N.C2H6O/c1-7-5-3-2-4-6-7;1-6-3-2-4-7-5-6;1-6-2-4-7-5-3-6;1-5-2-3-6-4-5;1-3-4-5-2;1-4(2)3;1-3-4-2;2*1-3-2/h2-6H,1H3;2-5H,1H3;2-5H2,1H3;2-4H,1H3;3-4H2,1-2H3;4H,1-3H3;3H2,1-2H3;3H,1-2H3;1-2H3. The zero-order chi connectivity index (χ0) is 36.3. The summed E-state index contributed by atoms with van der Waals surface area (Å²) in [4.78, 5) is 6.15. The molecule has 1 fully saturated rings. The molecule has 0 bridgehead atoms. The van der Waals surface area contributed by atoms with E-state index in [1.54, 1.807) is 46.0 Å². The van der Waals surface area contributed by atoms with Crippen molar-refractivity contribution in [2.45, 2.75) is 61.8 Å². The van der Waals surface area contributed by atoms with Gasteiger partial charge in [-0.05, 0) is 95.2 Å². The van der Waals surface area contributed by atoms with Crippen molar-refractivity contribution in [3.63, 3.8) is 0 Å². The number of ether oxygens (including phenoxy) is 4. The molecule has 46 heavy (non-hydrogen) atoms. The van der Waals surface area contributed by atoms with Gasteiger partial charge in [0, 0.05) is 67.1 Å². The minimum atomic E-state index is 0.819. The van der Waals surface area contributed by atoms with Gasteiger partial charge in [0.2, 0.25) is 0 Å². The van der Waals surface area contributed by atoms with Gasteiger partial charge in [-0.25, -0.2) is 0 Å². The number of hydrogen-bond acceptors (Lipinski definition) is 8. The molecule has 0 spiro atoms.